The van der Waals surface area contributed by atoms with E-state index < -0.39 is 0 Å². The number of rotatable bonds is 2. The van der Waals surface area contributed by atoms with Crippen molar-refractivity contribution < 1.29 is 0 Å². The molecule has 0 fully saturated rings. The second-order valence-electron chi connectivity index (χ2n) is 3.80. The summed E-state index contributed by atoms with van der Waals surface area (Å²) in [5.74, 6) is 0. The lowest BCUT2D eigenvalue weighted by molar-refractivity contribution is 0.942. The molecule has 0 radical (unpaired) electrons. The molecule has 0 heterocycles. The van der Waals surface area contributed by atoms with Gasteiger partial charge in [0.15, 0.2) is 0 Å². The Morgan fingerprint density at radius 1 is 1.29 bits per heavy atom. The Morgan fingerprint density at radius 3 is 2.50 bits per heavy atom. The summed E-state index contributed by atoms with van der Waals surface area (Å²) in [7, 11) is 0. The van der Waals surface area contributed by atoms with Crippen LogP contribution in [0.4, 0.5) is 0 Å². The molecule has 1 aromatic carbocycles. The fourth-order valence-electron chi connectivity index (χ4n) is 1.87. The topological polar surface area (TPSA) is 0 Å². The van der Waals surface area contributed by atoms with Crippen LogP contribution in [0.5, 0.6) is 0 Å². The van der Waals surface area contributed by atoms with Crippen molar-refractivity contribution in [3.05, 3.63) is 41.5 Å². The molecule has 1 unspecified atom stereocenters. The third-order valence-electron chi connectivity index (χ3n) is 2.80. The van der Waals surface area contributed by atoms with Crippen molar-refractivity contribution in [2.75, 3.05) is 0 Å². The molecule has 1 aliphatic carbocycles. The molecule has 1 atom stereocenters. The van der Waals surface area contributed by atoms with Crippen LogP contribution >= 0.6 is 11.6 Å². The van der Waals surface area contributed by atoms with Gasteiger partial charge in [-0.25, -0.2) is 0 Å². The van der Waals surface area contributed by atoms with Gasteiger partial charge in [0, 0.05) is 0 Å². The number of aryl methyl sites for hydroxylation is 1. The summed E-state index contributed by atoms with van der Waals surface area (Å²) in [4.78, 5) is 0. The molecule has 0 N–H and O–H groups in total. The molecule has 0 aliphatic heterocycles. The standard InChI is InChI=1S/C13H15Cl/c1-2-10-3-5-11(6-4-10)12-7-8-13(14)9-12/h3-6,9,13H,2,7-8H2,1H3. The first-order valence-electron chi connectivity index (χ1n) is 5.23. The molecule has 0 spiro atoms. The summed E-state index contributed by atoms with van der Waals surface area (Å²) < 4.78 is 0. The van der Waals surface area contributed by atoms with E-state index in [9.17, 15) is 0 Å². The minimum absolute atomic E-state index is 0.246. The van der Waals surface area contributed by atoms with Crippen molar-refractivity contribution in [2.45, 2.75) is 31.6 Å². The molecule has 0 amide bonds. The molecular weight excluding hydrogens is 192 g/mol. The zero-order chi connectivity index (χ0) is 9.97. The zero-order valence-corrected chi connectivity index (χ0v) is 9.22. The summed E-state index contributed by atoms with van der Waals surface area (Å²) in [5.41, 5.74) is 4.15. The van der Waals surface area contributed by atoms with E-state index in [1.165, 1.54) is 16.7 Å². The van der Waals surface area contributed by atoms with E-state index in [-0.39, 0.29) is 5.38 Å². The first-order chi connectivity index (χ1) is 6.79. The summed E-state index contributed by atoms with van der Waals surface area (Å²) >= 11 is 6.04. The Balaban J connectivity index is 2.21. The maximum Gasteiger partial charge on any atom is 0.0525 e. The average Bonchev–Trinajstić information content (AvgIpc) is 2.65. The minimum Gasteiger partial charge on any atom is -0.118 e. The number of allylic oxidation sites excluding steroid dienone is 2. The molecule has 0 nitrogen and oxygen atoms in total. The Labute approximate surface area is 90.6 Å². The molecule has 1 heteroatoms. The number of hydrogen-bond donors (Lipinski definition) is 0. The van der Waals surface area contributed by atoms with Gasteiger partial charge in [0.05, 0.1) is 5.38 Å². The lowest BCUT2D eigenvalue weighted by Gasteiger charge is -2.02. The highest BCUT2D eigenvalue weighted by Gasteiger charge is 2.13. The predicted octanol–water partition coefficient (Wildman–Crippen LogP) is 4.03. The van der Waals surface area contributed by atoms with Crippen molar-refractivity contribution in [2.24, 2.45) is 0 Å². The maximum absolute atomic E-state index is 6.04. The van der Waals surface area contributed by atoms with Crippen molar-refractivity contribution in [1.29, 1.82) is 0 Å². The number of alkyl halides is 1. The molecule has 0 bridgehead atoms. The fraction of sp³-hybridized carbons (Fsp3) is 0.385. The molecule has 74 valence electrons. The van der Waals surface area contributed by atoms with Crippen LogP contribution in [0.15, 0.2) is 30.3 Å². The quantitative estimate of drug-likeness (QED) is 0.641. The largest absolute Gasteiger partial charge is 0.118 e. The van der Waals surface area contributed by atoms with E-state index in [1.54, 1.807) is 0 Å². The van der Waals surface area contributed by atoms with E-state index >= 15 is 0 Å². The van der Waals surface area contributed by atoms with Crippen LogP contribution in [0.2, 0.25) is 0 Å². The van der Waals surface area contributed by atoms with E-state index in [0.29, 0.717) is 0 Å². The Morgan fingerprint density at radius 2 is 2.00 bits per heavy atom. The Kier molecular flexibility index (Phi) is 2.93. The van der Waals surface area contributed by atoms with Crippen molar-refractivity contribution in [1.82, 2.24) is 0 Å². The fourth-order valence-corrected chi connectivity index (χ4v) is 2.13. The second kappa shape index (κ2) is 4.18. The van der Waals surface area contributed by atoms with Gasteiger partial charge in [-0.1, -0.05) is 37.3 Å². The van der Waals surface area contributed by atoms with Gasteiger partial charge >= 0.3 is 0 Å². The van der Waals surface area contributed by atoms with Gasteiger partial charge in [-0.15, -0.1) is 11.6 Å². The molecule has 1 aromatic rings. The van der Waals surface area contributed by atoms with Crippen molar-refractivity contribution >= 4 is 17.2 Å². The van der Waals surface area contributed by atoms with E-state index in [1.807, 2.05) is 0 Å². The highest BCUT2D eigenvalue weighted by molar-refractivity contribution is 6.22. The van der Waals surface area contributed by atoms with Gasteiger partial charge < -0.3 is 0 Å². The highest BCUT2D eigenvalue weighted by Crippen LogP contribution is 2.30. The molecular formula is C13H15Cl. The molecule has 0 saturated heterocycles. The Bertz CT molecular complexity index is 335. The van der Waals surface area contributed by atoms with E-state index in [0.717, 1.165) is 19.3 Å². The van der Waals surface area contributed by atoms with Gasteiger partial charge in [0.25, 0.3) is 0 Å². The van der Waals surface area contributed by atoms with Crippen molar-refractivity contribution in [3.8, 4) is 0 Å². The lowest BCUT2D eigenvalue weighted by Crippen LogP contribution is -1.83. The molecule has 14 heavy (non-hydrogen) atoms. The number of halogens is 1. The minimum atomic E-state index is 0.246. The number of hydrogen-bond acceptors (Lipinski definition) is 0. The summed E-state index contributed by atoms with van der Waals surface area (Å²) in [6.45, 7) is 2.18. The molecule has 1 aliphatic rings. The van der Waals surface area contributed by atoms with Gasteiger partial charge in [0.2, 0.25) is 0 Å². The summed E-state index contributed by atoms with van der Waals surface area (Å²) in [6.07, 6.45) is 5.51. The number of benzene rings is 1. The van der Waals surface area contributed by atoms with Crippen LogP contribution < -0.4 is 0 Å². The average molecular weight is 207 g/mol. The Hall–Kier alpha value is -0.750. The zero-order valence-electron chi connectivity index (χ0n) is 8.46. The predicted molar refractivity (Wildman–Crippen MR) is 62.7 cm³/mol. The van der Waals surface area contributed by atoms with Gasteiger partial charge in [0.1, 0.15) is 0 Å². The van der Waals surface area contributed by atoms with Gasteiger partial charge in [-0.2, -0.15) is 0 Å². The monoisotopic (exact) mass is 206 g/mol. The lowest BCUT2D eigenvalue weighted by atomic mass is 10.0. The van der Waals surface area contributed by atoms with Gasteiger partial charge in [-0.05, 0) is 36.0 Å². The van der Waals surface area contributed by atoms with Crippen molar-refractivity contribution in [3.63, 3.8) is 0 Å². The second-order valence-corrected chi connectivity index (χ2v) is 4.36. The summed E-state index contributed by atoms with van der Waals surface area (Å²) in [6, 6.07) is 8.83. The molecule has 2 rings (SSSR count). The highest BCUT2D eigenvalue weighted by atomic mass is 35.5. The van der Waals surface area contributed by atoms with Crippen LogP contribution in [-0.2, 0) is 6.42 Å². The van der Waals surface area contributed by atoms with Crippen LogP contribution in [0.25, 0.3) is 5.57 Å². The normalized spacial score (nSPS) is 21.0. The van der Waals surface area contributed by atoms with E-state index in [2.05, 4.69) is 37.3 Å². The first kappa shape index (κ1) is 9.79. The third kappa shape index (κ3) is 2.01. The third-order valence-corrected chi connectivity index (χ3v) is 3.15. The molecule has 0 aromatic heterocycles. The van der Waals surface area contributed by atoms with Gasteiger partial charge in [-0.3, -0.25) is 0 Å². The maximum atomic E-state index is 6.04. The first-order valence-corrected chi connectivity index (χ1v) is 5.67. The summed E-state index contributed by atoms with van der Waals surface area (Å²) in [5, 5.41) is 0.246. The van der Waals surface area contributed by atoms with Crippen LogP contribution in [0.3, 0.4) is 0 Å². The van der Waals surface area contributed by atoms with Crippen LogP contribution in [0.1, 0.15) is 30.9 Å². The SMILES string of the molecule is CCc1ccc(C2=CC(Cl)CC2)cc1. The molecule has 0 saturated carbocycles. The van der Waals surface area contributed by atoms with Crippen LogP contribution in [0, 0.1) is 0 Å². The van der Waals surface area contributed by atoms with Crippen LogP contribution in [-0.4, -0.2) is 5.38 Å². The smallest absolute Gasteiger partial charge is 0.0525 e. The van der Waals surface area contributed by atoms with E-state index in [4.69, 9.17) is 11.6 Å².